The summed E-state index contributed by atoms with van der Waals surface area (Å²) >= 11 is 0. The summed E-state index contributed by atoms with van der Waals surface area (Å²) in [5.74, 6) is -8.11. The number of carbonyl (C=O) groups excluding carboxylic acids is 3. The second-order valence-corrected chi connectivity index (χ2v) is 8.60. The van der Waals surface area contributed by atoms with Crippen LogP contribution in [0.15, 0.2) is 57.3 Å². The number of nitrogens with zero attached hydrogens (tertiary/aromatic N) is 1. The van der Waals surface area contributed by atoms with Crippen LogP contribution in [0.5, 0.6) is 0 Å². The molecule has 3 unspecified atom stereocenters. The van der Waals surface area contributed by atoms with Gasteiger partial charge in [0.05, 0.1) is 17.5 Å². The molecule has 0 aliphatic heterocycles. The Labute approximate surface area is 181 Å². The van der Waals surface area contributed by atoms with E-state index >= 15 is 0 Å². The van der Waals surface area contributed by atoms with Crippen LogP contribution in [0.1, 0.15) is 19.3 Å². The number of nitrogens with two attached hydrogens (primary N) is 1. The molecule has 4 aliphatic rings. The first-order chi connectivity index (χ1) is 15.0. The fraction of sp³-hybridized carbons (Fsp3) is 0.409. The number of halogens is 2. The molecule has 0 aromatic rings. The van der Waals surface area contributed by atoms with Crippen molar-refractivity contribution in [3.05, 3.63) is 57.3 Å². The smallest absolute Gasteiger partial charge is 0.274 e. The molecule has 4 atom stereocenters. The minimum absolute atomic E-state index is 0.0128. The number of likely N-dealkylation sites (N-methyl/N-ethyl adjacent to an activating group) is 1. The minimum atomic E-state index is -2.06. The van der Waals surface area contributed by atoms with E-state index in [0.717, 1.165) is 0 Å². The van der Waals surface area contributed by atoms with Gasteiger partial charge in [0.15, 0.2) is 11.6 Å². The van der Waals surface area contributed by atoms with Crippen molar-refractivity contribution in [2.24, 2.45) is 23.5 Å². The number of hydrogen-bond donors (Lipinski definition) is 4. The summed E-state index contributed by atoms with van der Waals surface area (Å²) < 4.78 is 28.3. The maximum absolute atomic E-state index is 14.2. The van der Waals surface area contributed by atoms with Crippen LogP contribution >= 0.6 is 0 Å². The molecule has 0 saturated carbocycles. The van der Waals surface area contributed by atoms with Crippen LogP contribution in [-0.4, -0.2) is 57.8 Å². The maximum Gasteiger partial charge on any atom is 0.274 e. The average Bonchev–Trinajstić information content (AvgIpc) is 2.66. The van der Waals surface area contributed by atoms with E-state index in [1.165, 1.54) is 11.0 Å². The molecule has 0 aromatic heterocycles. The lowest BCUT2D eigenvalue weighted by atomic mass is 9.59. The van der Waals surface area contributed by atoms with E-state index in [0.29, 0.717) is 0 Å². The third kappa shape index (κ3) is 2.85. The molecular formula is C22H22F2N2O6. The van der Waals surface area contributed by atoms with Gasteiger partial charge in [-0.1, -0.05) is 6.08 Å². The number of Topliss-reactive ketones (excluding diaryl/α,β-unsaturated/α-hetero) is 2. The van der Waals surface area contributed by atoms with Crippen molar-refractivity contribution in [2.75, 3.05) is 14.1 Å². The van der Waals surface area contributed by atoms with Crippen LogP contribution in [-0.2, 0) is 14.4 Å². The van der Waals surface area contributed by atoms with E-state index in [2.05, 4.69) is 0 Å². The van der Waals surface area contributed by atoms with Gasteiger partial charge in [-0.25, -0.2) is 0 Å². The van der Waals surface area contributed by atoms with E-state index in [9.17, 15) is 38.5 Å². The summed E-state index contributed by atoms with van der Waals surface area (Å²) in [6.45, 7) is 0. The first-order valence-electron chi connectivity index (χ1n) is 10.1. The summed E-state index contributed by atoms with van der Waals surface area (Å²) in [4.78, 5) is 38.9. The first-order valence-corrected chi connectivity index (χ1v) is 10.1. The molecule has 8 nitrogen and oxygen atoms in total. The first kappa shape index (κ1) is 21.9. The highest BCUT2D eigenvalue weighted by Gasteiger charge is 2.55. The largest absolute Gasteiger partial charge is 0.511 e. The van der Waals surface area contributed by atoms with Gasteiger partial charge in [0.1, 0.15) is 22.9 Å². The Morgan fingerprint density at radius 2 is 1.81 bits per heavy atom. The Balaban J connectivity index is 2.02. The van der Waals surface area contributed by atoms with Gasteiger partial charge in [0.2, 0.25) is 0 Å². The van der Waals surface area contributed by atoms with Gasteiger partial charge in [-0.15, -0.1) is 0 Å². The molecule has 1 amide bonds. The van der Waals surface area contributed by atoms with Crippen molar-refractivity contribution >= 4 is 17.5 Å². The van der Waals surface area contributed by atoms with Gasteiger partial charge in [-0.05, 0) is 38.4 Å². The molecule has 0 radical (unpaired) electrons. The third-order valence-corrected chi connectivity index (χ3v) is 6.73. The topological polar surface area (TPSA) is 141 Å². The summed E-state index contributed by atoms with van der Waals surface area (Å²) in [5, 5.41) is 32.6. The van der Waals surface area contributed by atoms with Crippen LogP contribution in [0.3, 0.4) is 0 Å². The van der Waals surface area contributed by atoms with Crippen LogP contribution in [0.4, 0.5) is 8.78 Å². The fourth-order valence-electron chi connectivity index (χ4n) is 5.55. The lowest BCUT2D eigenvalue weighted by molar-refractivity contribution is -0.127. The van der Waals surface area contributed by atoms with Crippen molar-refractivity contribution in [1.82, 2.24) is 4.90 Å². The van der Waals surface area contributed by atoms with E-state index < -0.39 is 75.8 Å². The van der Waals surface area contributed by atoms with E-state index in [1.807, 2.05) is 0 Å². The van der Waals surface area contributed by atoms with E-state index in [4.69, 9.17) is 5.73 Å². The van der Waals surface area contributed by atoms with E-state index in [1.54, 1.807) is 14.1 Å². The fourth-order valence-corrected chi connectivity index (χ4v) is 5.55. The number of carbonyl (C=O) groups is 3. The highest BCUT2D eigenvalue weighted by atomic mass is 19.3. The number of allylic oxidation sites excluding steroid dienone is 6. The molecule has 0 bridgehead atoms. The third-order valence-electron chi connectivity index (χ3n) is 6.73. The Morgan fingerprint density at radius 3 is 2.38 bits per heavy atom. The molecule has 4 rings (SSSR count). The Hall–Kier alpha value is -3.27. The summed E-state index contributed by atoms with van der Waals surface area (Å²) in [6.07, 6.45) is -0.510. The second-order valence-electron chi connectivity index (χ2n) is 8.60. The number of hydrogen-bond acceptors (Lipinski definition) is 7. The number of primary amides is 1. The summed E-state index contributed by atoms with van der Waals surface area (Å²) in [6, 6.07) is -0.970. The molecule has 0 heterocycles. The number of rotatable bonds is 2. The molecule has 32 heavy (non-hydrogen) atoms. The van der Waals surface area contributed by atoms with Crippen molar-refractivity contribution in [1.29, 1.82) is 0 Å². The summed E-state index contributed by atoms with van der Waals surface area (Å²) in [7, 11) is 3.13. The average molecular weight is 448 g/mol. The summed E-state index contributed by atoms with van der Waals surface area (Å²) in [5.41, 5.74) is 3.42. The Kier molecular flexibility index (Phi) is 5.08. The van der Waals surface area contributed by atoms with E-state index in [-0.39, 0.29) is 36.0 Å². The number of ketones is 2. The predicted molar refractivity (Wildman–Crippen MR) is 107 cm³/mol. The predicted octanol–water partition coefficient (Wildman–Crippen LogP) is 2.13. The standard InChI is InChI=1S/C22H22F2N2O6/c1-26(2)16-9-6-8-11(21(23)24)7-4-3-5-10(27)12(7)17(28)13(8)18(29)14(9)19(30)15(20(16)31)22(25)32/h4,8-9,14,16,28-29,31H,3,5-6H2,1-2H3,(H2,25,32)/t8?,9?,14?,16-/m0/s1. The van der Waals surface area contributed by atoms with Gasteiger partial charge in [0, 0.05) is 23.5 Å². The number of fused-ring (bicyclic) bond motifs is 3. The van der Waals surface area contributed by atoms with Gasteiger partial charge in [-0.2, -0.15) is 8.78 Å². The zero-order valence-electron chi connectivity index (χ0n) is 17.4. The molecule has 0 saturated heterocycles. The van der Waals surface area contributed by atoms with Gasteiger partial charge in [-0.3, -0.25) is 19.3 Å². The van der Waals surface area contributed by atoms with Crippen LogP contribution in [0.25, 0.3) is 0 Å². The zero-order chi connectivity index (χ0) is 23.6. The highest BCUT2D eigenvalue weighted by molar-refractivity contribution is 6.21. The second kappa shape index (κ2) is 7.40. The molecule has 0 fully saturated rings. The Morgan fingerprint density at radius 1 is 1.16 bits per heavy atom. The number of aliphatic hydroxyl groups excluding tert-OH is 3. The minimum Gasteiger partial charge on any atom is -0.511 e. The van der Waals surface area contributed by atoms with Crippen LogP contribution in [0.2, 0.25) is 0 Å². The monoisotopic (exact) mass is 448 g/mol. The van der Waals surface area contributed by atoms with Crippen molar-refractivity contribution < 1.29 is 38.5 Å². The van der Waals surface area contributed by atoms with Crippen molar-refractivity contribution in [3.8, 4) is 0 Å². The molecule has 4 aliphatic carbocycles. The zero-order valence-corrected chi connectivity index (χ0v) is 17.4. The SMILES string of the molecule is CN(C)[C@@H]1C(O)=C(C(N)=O)C(=O)C2C(O)=C3C(O)=C4C(=O)CCC=C4C(=C(F)F)C3CC21. The molecule has 0 aromatic carbocycles. The molecule has 5 N–H and O–H groups in total. The Bertz CT molecular complexity index is 1120. The molecule has 10 heteroatoms. The van der Waals surface area contributed by atoms with Crippen LogP contribution < -0.4 is 5.73 Å². The normalized spacial score (nSPS) is 30.3. The molecular weight excluding hydrogens is 426 g/mol. The van der Waals surface area contributed by atoms with Crippen LogP contribution in [0, 0.1) is 17.8 Å². The van der Waals surface area contributed by atoms with Gasteiger partial charge in [0.25, 0.3) is 12.0 Å². The molecule has 170 valence electrons. The van der Waals surface area contributed by atoms with Crippen molar-refractivity contribution in [2.45, 2.75) is 25.3 Å². The van der Waals surface area contributed by atoms with Gasteiger partial charge < -0.3 is 21.1 Å². The maximum atomic E-state index is 14.2. The quantitative estimate of drug-likeness (QED) is 0.474. The lowest BCUT2D eigenvalue weighted by Crippen LogP contribution is -2.53. The van der Waals surface area contributed by atoms with Crippen molar-refractivity contribution in [3.63, 3.8) is 0 Å². The van der Waals surface area contributed by atoms with Gasteiger partial charge >= 0.3 is 0 Å². The lowest BCUT2D eigenvalue weighted by Gasteiger charge is -2.46. The number of amides is 1. The molecule has 0 spiro atoms. The number of aliphatic hydroxyl groups is 3. The highest BCUT2D eigenvalue weighted by Crippen LogP contribution is 2.55.